The van der Waals surface area contributed by atoms with Gasteiger partial charge in [0.15, 0.2) is 16.4 Å². The first-order valence-electron chi connectivity index (χ1n) is 9.74. The van der Waals surface area contributed by atoms with Gasteiger partial charge >= 0.3 is 5.97 Å². The van der Waals surface area contributed by atoms with Gasteiger partial charge in [-0.3, -0.25) is 24.1 Å². The number of esters is 1. The van der Waals surface area contributed by atoms with Crippen molar-refractivity contribution in [1.82, 2.24) is 9.80 Å². The largest absolute Gasteiger partial charge is 0.454 e. The van der Waals surface area contributed by atoms with E-state index in [1.54, 1.807) is 6.92 Å². The van der Waals surface area contributed by atoms with Crippen molar-refractivity contribution in [2.45, 2.75) is 45.1 Å². The maximum absolute atomic E-state index is 12.4. The summed E-state index contributed by atoms with van der Waals surface area (Å²) >= 11 is 0. The minimum Gasteiger partial charge on any atom is -0.454 e. The predicted molar refractivity (Wildman–Crippen MR) is 97.6 cm³/mol. The van der Waals surface area contributed by atoms with Crippen LogP contribution in [0.25, 0.3) is 0 Å². The molecule has 3 aliphatic rings. The number of rotatable bonds is 6. The summed E-state index contributed by atoms with van der Waals surface area (Å²) in [6.07, 6.45) is 3.49. The Kier molecular flexibility index (Phi) is 6.07. The fourth-order valence-electron chi connectivity index (χ4n) is 4.45. The lowest BCUT2D eigenvalue weighted by molar-refractivity contribution is -0.157. The lowest BCUT2D eigenvalue weighted by Gasteiger charge is -2.26. The molecule has 3 fully saturated rings. The molecule has 3 unspecified atom stereocenters. The van der Waals surface area contributed by atoms with Crippen LogP contribution in [0.4, 0.5) is 0 Å². The standard InChI is InChI=1S/C18H26N2O7S/c1-2-19(12-7-8-28(25,26)11-12)15(21)10-27-16(22)9-20-17(23)13-5-3-4-6-14(13)18(20)24/h12-14H,2-11H2,1H3. The maximum atomic E-state index is 12.4. The molecule has 0 aromatic rings. The Hall–Kier alpha value is -1.97. The number of carbonyl (C=O) groups is 4. The molecule has 1 saturated carbocycles. The Morgan fingerprint density at radius 3 is 2.21 bits per heavy atom. The van der Waals surface area contributed by atoms with E-state index in [0.29, 0.717) is 25.8 Å². The van der Waals surface area contributed by atoms with E-state index in [1.165, 1.54) is 4.90 Å². The average Bonchev–Trinajstić information content (AvgIpc) is 3.13. The quantitative estimate of drug-likeness (QED) is 0.434. The van der Waals surface area contributed by atoms with Crippen LogP contribution in [0, 0.1) is 11.8 Å². The molecule has 156 valence electrons. The molecule has 3 atom stereocenters. The van der Waals surface area contributed by atoms with Crippen LogP contribution in [0.15, 0.2) is 0 Å². The van der Waals surface area contributed by atoms with Crippen LogP contribution < -0.4 is 0 Å². The highest BCUT2D eigenvalue weighted by Crippen LogP contribution is 2.37. The first-order chi connectivity index (χ1) is 13.2. The zero-order chi connectivity index (χ0) is 20.5. The highest BCUT2D eigenvalue weighted by Gasteiger charge is 2.48. The Morgan fingerprint density at radius 1 is 1.11 bits per heavy atom. The van der Waals surface area contributed by atoms with Crippen LogP contribution >= 0.6 is 0 Å². The smallest absolute Gasteiger partial charge is 0.326 e. The van der Waals surface area contributed by atoms with Gasteiger partial charge in [0.05, 0.1) is 23.3 Å². The number of nitrogens with zero attached hydrogens (tertiary/aromatic N) is 2. The molecule has 1 aliphatic carbocycles. The van der Waals surface area contributed by atoms with Gasteiger partial charge in [-0.25, -0.2) is 8.42 Å². The van der Waals surface area contributed by atoms with Crippen LogP contribution in [0.1, 0.15) is 39.0 Å². The molecule has 2 aliphatic heterocycles. The molecule has 0 bridgehead atoms. The first-order valence-corrected chi connectivity index (χ1v) is 11.6. The number of carbonyl (C=O) groups excluding carboxylic acids is 4. The van der Waals surface area contributed by atoms with Gasteiger partial charge in [-0.15, -0.1) is 0 Å². The van der Waals surface area contributed by atoms with E-state index in [2.05, 4.69) is 0 Å². The molecule has 0 spiro atoms. The third-order valence-electron chi connectivity index (χ3n) is 5.89. The minimum atomic E-state index is -3.14. The number of fused-ring (bicyclic) bond motifs is 1. The van der Waals surface area contributed by atoms with Crippen LogP contribution in [-0.4, -0.2) is 79.2 Å². The van der Waals surface area contributed by atoms with Crippen LogP contribution in [0.5, 0.6) is 0 Å². The molecule has 2 heterocycles. The summed E-state index contributed by atoms with van der Waals surface area (Å²) < 4.78 is 28.2. The maximum Gasteiger partial charge on any atom is 0.326 e. The number of likely N-dealkylation sites (N-methyl/N-ethyl adjacent to an activating group) is 1. The number of likely N-dealkylation sites (tertiary alicyclic amines) is 1. The van der Waals surface area contributed by atoms with E-state index in [0.717, 1.165) is 17.7 Å². The summed E-state index contributed by atoms with van der Waals surface area (Å²) in [6, 6.07) is -0.411. The summed E-state index contributed by atoms with van der Waals surface area (Å²) in [4.78, 5) is 51.6. The van der Waals surface area contributed by atoms with Crippen molar-refractivity contribution in [3.63, 3.8) is 0 Å². The van der Waals surface area contributed by atoms with E-state index >= 15 is 0 Å². The lowest BCUT2D eigenvalue weighted by atomic mass is 9.81. The Morgan fingerprint density at radius 2 is 1.71 bits per heavy atom. The topological polar surface area (TPSA) is 118 Å². The molecule has 0 radical (unpaired) electrons. The van der Waals surface area contributed by atoms with E-state index in [-0.39, 0.29) is 35.2 Å². The average molecular weight is 414 g/mol. The second-order valence-corrected chi connectivity index (χ2v) is 9.89. The molecule has 3 amide bonds. The predicted octanol–water partition coefficient (Wildman–Crippen LogP) is -0.260. The van der Waals surface area contributed by atoms with Crippen LogP contribution in [0.3, 0.4) is 0 Å². The molecular formula is C18H26N2O7S. The molecule has 28 heavy (non-hydrogen) atoms. The fraction of sp³-hybridized carbons (Fsp3) is 0.778. The van der Waals surface area contributed by atoms with Gasteiger partial charge in [0, 0.05) is 12.6 Å². The number of hydrogen-bond donors (Lipinski definition) is 0. The zero-order valence-corrected chi connectivity index (χ0v) is 16.8. The third-order valence-corrected chi connectivity index (χ3v) is 7.64. The zero-order valence-electron chi connectivity index (χ0n) is 16.0. The SMILES string of the molecule is CCN(C(=O)COC(=O)CN1C(=O)C2CCCCC2C1=O)C1CCS(=O)(=O)C1. The number of amides is 3. The van der Waals surface area contributed by atoms with Gasteiger partial charge in [-0.1, -0.05) is 12.8 Å². The monoisotopic (exact) mass is 414 g/mol. The molecule has 3 rings (SSSR count). The van der Waals surface area contributed by atoms with Gasteiger partial charge in [0.1, 0.15) is 6.54 Å². The van der Waals surface area contributed by atoms with Gasteiger partial charge in [-0.2, -0.15) is 0 Å². The van der Waals surface area contributed by atoms with Gasteiger partial charge in [-0.05, 0) is 26.2 Å². The molecule has 10 heteroatoms. The molecule has 9 nitrogen and oxygen atoms in total. The van der Waals surface area contributed by atoms with Crippen LogP contribution in [0.2, 0.25) is 0 Å². The Bertz CT molecular complexity index is 755. The number of hydrogen-bond acceptors (Lipinski definition) is 7. The van der Waals surface area contributed by atoms with Gasteiger partial charge in [0.2, 0.25) is 11.8 Å². The highest BCUT2D eigenvalue weighted by atomic mass is 32.2. The Labute approximate surface area is 164 Å². The van der Waals surface area contributed by atoms with E-state index in [9.17, 15) is 27.6 Å². The Balaban J connectivity index is 1.51. The van der Waals surface area contributed by atoms with Crippen molar-refractivity contribution in [3.8, 4) is 0 Å². The van der Waals surface area contributed by atoms with E-state index in [1.807, 2.05) is 0 Å². The lowest BCUT2D eigenvalue weighted by Crippen LogP contribution is -2.44. The molecule has 2 saturated heterocycles. The second-order valence-electron chi connectivity index (χ2n) is 7.66. The van der Waals surface area contributed by atoms with Crippen molar-refractivity contribution in [3.05, 3.63) is 0 Å². The number of sulfone groups is 1. The molecule has 0 aromatic carbocycles. The number of imide groups is 1. The fourth-order valence-corrected chi connectivity index (χ4v) is 6.18. The summed E-state index contributed by atoms with van der Waals surface area (Å²) in [7, 11) is -3.14. The first kappa shape index (κ1) is 20.8. The molecule has 0 N–H and O–H groups in total. The summed E-state index contributed by atoms with van der Waals surface area (Å²) in [5.74, 6) is -2.67. The van der Waals surface area contributed by atoms with Crippen molar-refractivity contribution in [2.24, 2.45) is 11.8 Å². The second kappa shape index (κ2) is 8.18. The van der Waals surface area contributed by atoms with Crippen molar-refractivity contribution in [2.75, 3.05) is 31.2 Å². The summed E-state index contributed by atoms with van der Waals surface area (Å²) in [5.41, 5.74) is 0. The van der Waals surface area contributed by atoms with Crippen molar-refractivity contribution in [1.29, 1.82) is 0 Å². The summed E-state index contributed by atoms with van der Waals surface area (Å²) in [5, 5.41) is 0. The minimum absolute atomic E-state index is 0.0444. The van der Waals surface area contributed by atoms with E-state index < -0.39 is 40.9 Å². The van der Waals surface area contributed by atoms with Gasteiger partial charge in [0.25, 0.3) is 5.91 Å². The van der Waals surface area contributed by atoms with Crippen molar-refractivity contribution >= 4 is 33.5 Å². The molecular weight excluding hydrogens is 388 g/mol. The van der Waals surface area contributed by atoms with Crippen LogP contribution in [-0.2, 0) is 33.8 Å². The number of ether oxygens (including phenoxy) is 1. The highest BCUT2D eigenvalue weighted by molar-refractivity contribution is 7.91. The van der Waals surface area contributed by atoms with Gasteiger partial charge < -0.3 is 9.64 Å². The normalized spacial score (nSPS) is 28.9. The summed E-state index contributed by atoms with van der Waals surface area (Å²) in [6.45, 7) is 1.02. The molecule has 0 aromatic heterocycles. The van der Waals surface area contributed by atoms with Crippen molar-refractivity contribution < 1.29 is 32.3 Å². The van der Waals surface area contributed by atoms with E-state index in [4.69, 9.17) is 4.74 Å². The third kappa shape index (κ3) is 4.21.